The average Bonchev–Trinajstić information content (AvgIpc) is 2.16. The Morgan fingerprint density at radius 1 is 1.07 bits per heavy atom. The van der Waals surface area contributed by atoms with Gasteiger partial charge in [-0.25, -0.2) is 0 Å². The monoisotopic (exact) mass is 220 g/mol. The summed E-state index contributed by atoms with van der Waals surface area (Å²) >= 11 is 6.32. The minimum absolute atomic E-state index is 0.0753. The van der Waals surface area contributed by atoms with E-state index < -0.39 is 0 Å². The lowest BCUT2D eigenvalue weighted by Crippen LogP contribution is -2.15. The van der Waals surface area contributed by atoms with Crippen LogP contribution in [0.2, 0.25) is 5.02 Å². The van der Waals surface area contributed by atoms with Crippen LogP contribution in [0.5, 0.6) is 0 Å². The van der Waals surface area contributed by atoms with Gasteiger partial charge in [0.1, 0.15) is 0 Å². The largest absolute Gasteiger partial charge is 0.153 e. The molecule has 0 spiro atoms. The first kappa shape index (κ1) is 10.4. The number of hydrogen-bond acceptors (Lipinski definition) is 2. The van der Waals surface area contributed by atoms with Crippen LogP contribution in [0.1, 0.15) is 26.5 Å². The number of nitrogens with zero attached hydrogens (tertiary/aromatic N) is 2. The summed E-state index contributed by atoms with van der Waals surface area (Å²) in [5, 5.41) is 10.1. The normalized spacial score (nSPS) is 12.0. The first-order valence-corrected chi connectivity index (χ1v) is 5.29. The van der Waals surface area contributed by atoms with Crippen molar-refractivity contribution in [1.82, 2.24) is 10.2 Å². The molecular weight excluding hydrogens is 208 g/mol. The lowest BCUT2D eigenvalue weighted by atomic mass is 9.91. The minimum atomic E-state index is -0.0753. The third-order valence-corrected chi connectivity index (χ3v) is 2.70. The van der Waals surface area contributed by atoms with Crippen molar-refractivity contribution in [1.29, 1.82) is 0 Å². The van der Waals surface area contributed by atoms with Crippen LogP contribution < -0.4 is 0 Å². The first-order chi connectivity index (χ1) is 7.00. The second kappa shape index (κ2) is 3.46. The first-order valence-electron chi connectivity index (χ1n) is 4.91. The summed E-state index contributed by atoms with van der Waals surface area (Å²) in [6.45, 7) is 6.24. The summed E-state index contributed by atoms with van der Waals surface area (Å²) in [6.07, 6.45) is 0. The van der Waals surface area contributed by atoms with E-state index in [1.807, 2.05) is 24.3 Å². The molecular formula is C12H13ClN2. The van der Waals surface area contributed by atoms with Crippen LogP contribution in [0, 0.1) is 0 Å². The maximum Gasteiger partial charge on any atom is 0.0944 e. The molecule has 1 aromatic carbocycles. The molecule has 0 aliphatic rings. The van der Waals surface area contributed by atoms with Gasteiger partial charge in [-0.05, 0) is 6.07 Å². The van der Waals surface area contributed by atoms with E-state index in [0.29, 0.717) is 5.02 Å². The summed E-state index contributed by atoms with van der Waals surface area (Å²) in [4.78, 5) is 0. The third kappa shape index (κ3) is 1.82. The molecule has 2 nitrogen and oxygen atoms in total. The number of aromatic nitrogens is 2. The Balaban J connectivity index is 2.76. The molecule has 0 saturated heterocycles. The van der Waals surface area contributed by atoms with Crippen molar-refractivity contribution in [3.63, 3.8) is 0 Å². The van der Waals surface area contributed by atoms with Crippen LogP contribution in [0.15, 0.2) is 24.3 Å². The van der Waals surface area contributed by atoms with Crippen molar-refractivity contribution in [2.75, 3.05) is 0 Å². The number of hydrogen-bond donors (Lipinski definition) is 0. The van der Waals surface area contributed by atoms with E-state index in [-0.39, 0.29) is 5.41 Å². The van der Waals surface area contributed by atoms with Crippen LogP contribution in [-0.2, 0) is 5.41 Å². The highest BCUT2D eigenvalue weighted by molar-refractivity contribution is 6.36. The van der Waals surface area contributed by atoms with Crippen molar-refractivity contribution in [2.24, 2.45) is 0 Å². The van der Waals surface area contributed by atoms with Gasteiger partial charge < -0.3 is 0 Å². The number of halogens is 1. The van der Waals surface area contributed by atoms with Crippen molar-refractivity contribution in [3.8, 4) is 0 Å². The lowest BCUT2D eigenvalue weighted by Gasteiger charge is -2.18. The standard InChI is InChI=1S/C12H13ClN2/c1-12(2,3)11-10(13)8-6-4-5-7-9(8)14-15-11/h4-7H,1-3H3. The van der Waals surface area contributed by atoms with E-state index in [4.69, 9.17) is 11.6 Å². The van der Waals surface area contributed by atoms with Crippen LogP contribution in [0.3, 0.4) is 0 Å². The van der Waals surface area contributed by atoms with Crippen molar-refractivity contribution >= 4 is 22.5 Å². The molecule has 2 rings (SSSR count). The maximum atomic E-state index is 6.32. The zero-order valence-corrected chi connectivity index (χ0v) is 9.84. The summed E-state index contributed by atoms with van der Waals surface area (Å²) in [7, 11) is 0. The molecule has 15 heavy (non-hydrogen) atoms. The van der Waals surface area contributed by atoms with E-state index in [2.05, 4.69) is 31.0 Å². The Kier molecular flexibility index (Phi) is 2.39. The minimum Gasteiger partial charge on any atom is -0.153 e. The quantitative estimate of drug-likeness (QED) is 0.678. The number of rotatable bonds is 0. The molecule has 0 saturated carbocycles. The third-order valence-electron chi connectivity index (χ3n) is 2.32. The molecule has 1 aromatic heterocycles. The molecule has 0 atom stereocenters. The molecule has 0 N–H and O–H groups in total. The van der Waals surface area contributed by atoms with Gasteiger partial charge in [0.15, 0.2) is 0 Å². The topological polar surface area (TPSA) is 25.8 Å². The molecule has 0 unspecified atom stereocenters. The van der Waals surface area contributed by atoms with Crippen LogP contribution >= 0.6 is 11.6 Å². The van der Waals surface area contributed by atoms with Gasteiger partial charge in [-0.1, -0.05) is 50.6 Å². The fourth-order valence-electron chi connectivity index (χ4n) is 1.50. The zero-order chi connectivity index (χ0) is 11.1. The van der Waals surface area contributed by atoms with Gasteiger partial charge in [-0.2, -0.15) is 10.2 Å². The highest BCUT2D eigenvalue weighted by Crippen LogP contribution is 2.31. The molecule has 2 aromatic rings. The predicted octanol–water partition coefficient (Wildman–Crippen LogP) is 3.58. The summed E-state index contributed by atoms with van der Waals surface area (Å²) in [5.74, 6) is 0. The number of fused-ring (bicyclic) bond motifs is 1. The summed E-state index contributed by atoms with van der Waals surface area (Å²) < 4.78 is 0. The van der Waals surface area contributed by atoms with Crippen LogP contribution in [-0.4, -0.2) is 10.2 Å². The molecule has 0 aliphatic carbocycles. The average molecular weight is 221 g/mol. The van der Waals surface area contributed by atoms with E-state index in [9.17, 15) is 0 Å². The molecule has 0 aliphatic heterocycles. The zero-order valence-electron chi connectivity index (χ0n) is 9.08. The molecule has 78 valence electrons. The van der Waals surface area contributed by atoms with Crippen LogP contribution in [0.4, 0.5) is 0 Å². The van der Waals surface area contributed by atoms with Gasteiger partial charge in [0.25, 0.3) is 0 Å². The van der Waals surface area contributed by atoms with Gasteiger partial charge in [0.2, 0.25) is 0 Å². The molecule has 0 amide bonds. The second-order valence-corrected chi connectivity index (χ2v) is 5.01. The van der Waals surface area contributed by atoms with Gasteiger partial charge in [-0.15, -0.1) is 0 Å². The number of benzene rings is 1. The molecule has 1 heterocycles. The Morgan fingerprint density at radius 3 is 2.40 bits per heavy atom. The van der Waals surface area contributed by atoms with Gasteiger partial charge in [0, 0.05) is 10.8 Å². The van der Waals surface area contributed by atoms with E-state index in [0.717, 1.165) is 16.6 Å². The van der Waals surface area contributed by atoms with Gasteiger partial charge in [-0.3, -0.25) is 0 Å². The van der Waals surface area contributed by atoms with Crippen molar-refractivity contribution < 1.29 is 0 Å². The SMILES string of the molecule is CC(C)(C)c1nnc2ccccc2c1Cl. The molecule has 0 fully saturated rings. The molecule has 0 radical (unpaired) electrons. The van der Waals surface area contributed by atoms with Crippen molar-refractivity contribution in [3.05, 3.63) is 35.0 Å². The van der Waals surface area contributed by atoms with E-state index in [1.54, 1.807) is 0 Å². The highest BCUT2D eigenvalue weighted by Gasteiger charge is 2.21. The van der Waals surface area contributed by atoms with E-state index >= 15 is 0 Å². The predicted molar refractivity (Wildman–Crippen MR) is 63.2 cm³/mol. The van der Waals surface area contributed by atoms with Crippen molar-refractivity contribution in [2.45, 2.75) is 26.2 Å². The fraction of sp³-hybridized carbons (Fsp3) is 0.333. The highest BCUT2D eigenvalue weighted by atomic mass is 35.5. The Morgan fingerprint density at radius 2 is 1.73 bits per heavy atom. The fourth-order valence-corrected chi connectivity index (χ4v) is 1.98. The molecule has 0 bridgehead atoms. The molecule has 3 heteroatoms. The lowest BCUT2D eigenvalue weighted by molar-refractivity contribution is 0.561. The summed E-state index contributed by atoms with van der Waals surface area (Å²) in [6, 6.07) is 7.79. The second-order valence-electron chi connectivity index (χ2n) is 4.63. The Bertz CT molecular complexity index is 500. The van der Waals surface area contributed by atoms with Crippen LogP contribution in [0.25, 0.3) is 10.9 Å². The maximum absolute atomic E-state index is 6.32. The summed E-state index contributed by atoms with van der Waals surface area (Å²) in [5.41, 5.74) is 1.62. The smallest absolute Gasteiger partial charge is 0.0944 e. The van der Waals surface area contributed by atoms with E-state index in [1.165, 1.54) is 0 Å². The van der Waals surface area contributed by atoms with Gasteiger partial charge >= 0.3 is 0 Å². The Hall–Kier alpha value is -1.15. The Labute approximate surface area is 94.3 Å². The van der Waals surface area contributed by atoms with Gasteiger partial charge in [0.05, 0.1) is 16.2 Å².